The number of aromatic nitrogens is 2. The predicted molar refractivity (Wildman–Crippen MR) is 94.4 cm³/mol. The molecule has 1 aromatic heterocycles. The Kier molecular flexibility index (Phi) is 6.54. The largest absolute Gasteiger partial charge is 0.494 e. The van der Waals surface area contributed by atoms with Gasteiger partial charge in [0.1, 0.15) is 0 Å². The number of nitrogens with one attached hydrogen (secondary N) is 2. The fourth-order valence-corrected chi connectivity index (χ4v) is 2.91. The van der Waals surface area contributed by atoms with Gasteiger partial charge in [-0.25, -0.2) is 23.1 Å². The number of ether oxygens (including phenoxy) is 1. The number of sulfonamides is 1. The first-order chi connectivity index (χ1) is 11.9. The van der Waals surface area contributed by atoms with Crippen molar-refractivity contribution < 1.29 is 17.9 Å². The second kappa shape index (κ2) is 8.63. The molecule has 1 amide bonds. The molecule has 1 heterocycles. The van der Waals surface area contributed by atoms with Gasteiger partial charge >= 0.3 is 0 Å². The Bertz CT molecular complexity index is 810. The van der Waals surface area contributed by atoms with Gasteiger partial charge in [-0.3, -0.25) is 4.79 Å². The summed E-state index contributed by atoms with van der Waals surface area (Å²) in [6.07, 6.45) is 3.58. The molecule has 0 aliphatic carbocycles. The standard InChI is InChI=1S/C15H17ClN4O4S/c1-24-12-9-17-15(18-10-12)20-25(22,23)13-6-4-11(5-7-13)19-14(21)3-2-8-16/h4-7,9-10H,2-3,8H2,1H3,(H,19,21)(H,17,18,20). The molecule has 2 rings (SSSR count). The summed E-state index contributed by atoms with van der Waals surface area (Å²) in [5.41, 5.74) is 0.499. The second-order valence-electron chi connectivity index (χ2n) is 4.92. The Balaban J connectivity index is 2.05. The van der Waals surface area contributed by atoms with Crippen LogP contribution in [0.1, 0.15) is 12.8 Å². The molecular formula is C15H17ClN4O4S. The number of halogens is 1. The highest BCUT2D eigenvalue weighted by molar-refractivity contribution is 7.92. The van der Waals surface area contributed by atoms with Crippen LogP contribution in [0.25, 0.3) is 0 Å². The molecule has 0 saturated carbocycles. The van der Waals surface area contributed by atoms with Crippen LogP contribution in [0.3, 0.4) is 0 Å². The highest BCUT2D eigenvalue weighted by Crippen LogP contribution is 2.17. The lowest BCUT2D eigenvalue weighted by molar-refractivity contribution is -0.116. The molecule has 25 heavy (non-hydrogen) atoms. The van der Waals surface area contributed by atoms with Gasteiger partial charge in [0.05, 0.1) is 24.4 Å². The fourth-order valence-electron chi connectivity index (χ4n) is 1.82. The van der Waals surface area contributed by atoms with Crippen LogP contribution in [-0.2, 0) is 14.8 Å². The first kappa shape index (κ1) is 18.9. The molecule has 8 nitrogen and oxygen atoms in total. The summed E-state index contributed by atoms with van der Waals surface area (Å²) in [5, 5.41) is 2.67. The van der Waals surface area contributed by atoms with Crippen molar-refractivity contribution in [3.05, 3.63) is 36.7 Å². The minimum absolute atomic E-state index is 0.0191. The zero-order valence-electron chi connectivity index (χ0n) is 13.4. The number of hydrogen-bond acceptors (Lipinski definition) is 6. The third kappa shape index (κ3) is 5.57. The second-order valence-corrected chi connectivity index (χ2v) is 6.98. The van der Waals surface area contributed by atoms with Gasteiger partial charge in [-0.05, 0) is 30.7 Å². The molecule has 0 bridgehead atoms. The number of carbonyl (C=O) groups excluding carboxylic acids is 1. The summed E-state index contributed by atoms with van der Waals surface area (Å²) >= 11 is 5.53. The van der Waals surface area contributed by atoms with Crippen LogP contribution in [0, 0.1) is 0 Å². The Morgan fingerprint density at radius 3 is 2.40 bits per heavy atom. The van der Waals surface area contributed by atoms with Gasteiger partial charge in [0.25, 0.3) is 10.0 Å². The number of hydrogen-bond donors (Lipinski definition) is 2. The van der Waals surface area contributed by atoms with Crippen LogP contribution in [0.4, 0.5) is 11.6 Å². The minimum Gasteiger partial charge on any atom is -0.494 e. The Morgan fingerprint density at radius 2 is 1.84 bits per heavy atom. The lowest BCUT2D eigenvalue weighted by atomic mass is 10.3. The molecule has 0 radical (unpaired) electrons. The Labute approximate surface area is 150 Å². The van der Waals surface area contributed by atoms with Crippen LogP contribution in [-0.4, -0.2) is 37.3 Å². The fraction of sp³-hybridized carbons (Fsp3) is 0.267. The smallest absolute Gasteiger partial charge is 0.264 e. The zero-order chi connectivity index (χ0) is 18.3. The van der Waals surface area contributed by atoms with Crippen molar-refractivity contribution in [2.24, 2.45) is 0 Å². The maximum absolute atomic E-state index is 12.3. The average molecular weight is 385 g/mol. The van der Waals surface area contributed by atoms with Crippen LogP contribution < -0.4 is 14.8 Å². The topological polar surface area (TPSA) is 110 Å². The highest BCUT2D eigenvalue weighted by Gasteiger charge is 2.16. The van der Waals surface area contributed by atoms with Crippen molar-refractivity contribution in [2.75, 3.05) is 23.0 Å². The van der Waals surface area contributed by atoms with E-state index in [1.807, 2.05) is 0 Å². The summed E-state index contributed by atoms with van der Waals surface area (Å²) in [6, 6.07) is 5.76. The van der Waals surface area contributed by atoms with E-state index in [1.165, 1.54) is 43.8 Å². The number of carbonyl (C=O) groups is 1. The molecule has 0 fully saturated rings. The Hall–Kier alpha value is -2.39. The number of amides is 1. The van der Waals surface area contributed by atoms with Gasteiger partial charge in [0.15, 0.2) is 5.75 Å². The zero-order valence-corrected chi connectivity index (χ0v) is 15.0. The average Bonchev–Trinajstić information content (AvgIpc) is 2.61. The number of nitrogens with zero attached hydrogens (tertiary/aromatic N) is 2. The molecule has 0 atom stereocenters. The minimum atomic E-state index is -3.84. The van der Waals surface area contributed by atoms with E-state index in [9.17, 15) is 13.2 Å². The van der Waals surface area contributed by atoms with Crippen LogP contribution in [0.15, 0.2) is 41.6 Å². The summed E-state index contributed by atoms with van der Waals surface area (Å²) < 4.78 is 31.8. The van der Waals surface area contributed by atoms with Gasteiger partial charge in [-0.15, -0.1) is 11.6 Å². The molecule has 0 saturated heterocycles. The highest BCUT2D eigenvalue weighted by atomic mass is 35.5. The molecule has 2 aromatic rings. The molecular weight excluding hydrogens is 368 g/mol. The number of rotatable bonds is 8. The number of anilines is 2. The third-order valence-electron chi connectivity index (χ3n) is 3.08. The molecule has 0 aliphatic rings. The summed E-state index contributed by atoms with van der Waals surface area (Å²) in [5.74, 6) is 0.571. The first-order valence-corrected chi connectivity index (χ1v) is 9.31. The van der Waals surface area contributed by atoms with Crippen LogP contribution >= 0.6 is 11.6 Å². The lowest BCUT2D eigenvalue weighted by Gasteiger charge is -2.08. The molecule has 1 aromatic carbocycles. The van der Waals surface area contributed by atoms with Crippen molar-refractivity contribution in [3.63, 3.8) is 0 Å². The predicted octanol–water partition coefficient (Wildman–Crippen LogP) is 2.24. The van der Waals surface area contributed by atoms with Crippen molar-refractivity contribution >= 4 is 39.2 Å². The van der Waals surface area contributed by atoms with Crippen LogP contribution in [0.2, 0.25) is 0 Å². The van der Waals surface area contributed by atoms with E-state index < -0.39 is 10.0 Å². The maximum atomic E-state index is 12.3. The quantitative estimate of drug-likeness (QED) is 0.675. The maximum Gasteiger partial charge on any atom is 0.264 e. The summed E-state index contributed by atoms with van der Waals surface area (Å²) in [4.78, 5) is 19.3. The number of methoxy groups -OCH3 is 1. The molecule has 0 spiro atoms. The summed E-state index contributed by atoms with van der Waals surface area (Å²) in [7, 11) is -2.38. The molecule has 0 unspecified atom stereocenters. The van der Waals surface area contributed by atoms with E-state index in [4.69, 9.17) is 16.3 Å². The van der Waals surface area contributed by atoms with E-state index in [1.54, 1.807) is 0 Å². The van der Waals surface area contributed by atoms with Crippen molar-refractivity contribution in [2.45, 2.75) is 17.7 Å². The van der Waals surface area contributed by atoms with Gasteiger partial charge in [-0.2, -0.15) is 0 Å². The van der Waals surface area contributed by atoms with E-state index in [-0.39, 0.29) is 16.8 Å². The lowest BCUT2D eigenvalue weighted by Crippen LogP contribution is -2.15. The first-order valence-electron chi connectivity index (χ1n) is 7.29. The monoisotopic (exact) mass is 384 g/mol. The van der Waals surface area contributed by atoms with E-state index in [2.05, 4.69) is 20.0 Å². The number of alkyl halides is 1. The molecule has 134 valence electrons. The molecule has 0 aliphatic heterocycles. The van der Waals surface area contributed by atoms with Crippen molar-refractivity contribution in [3.8, 4) is 5.75 Å². The number of benzene rings is 1. The Morgan fingerprint density at radius 1 is 1.20 bits per heavy atom. The van der Waals surface area contributed by atoms with Crippen molar-refractivity contribution in [1.29, 1.82) is 0 Å². The van der Waals surface area contributed by atoms with E-state index in [0.717, 1.165) is 0 Å². The summed E-state index contributed by atoms with van der Waals surface area (Å²) in [6.45, 7) is 0. The van der Waals surface area contributed by atoms with Gasteiger partial charge in [0, 0.05) is 18.0 Å². The van der Waals surface area contributed by atoms with Gasteiger partial charge in [0.2, 0.25) is 11.9 Å². The van der Waals surface area contributed by atoms with Gasteiger partial charge < -0.3 is 10.1 Å². The molecule has 10 heteroatoms. The van der Waals surface area contributed by atoms with Gasteiger partial charge in [-0.1, -0.05) is 0 Å². The van der Waals surface area contributed by atoms with Crippen molar-refractivity contribution in [1.82, 2.24) is 9.97 Å². The van der Waals surface area contributed by atoms with E-state index in [0.29, 0.717) is 30.2 Å². The normalized spacial score (nSPS) is 11.0. The third-order valence-corrected chi connectivity index (χ3v) is 4.69. The van der Waals surface area contributed by atoms with Crippen LogP contribution in [0.5, 0.6) is 5.75 Å². The SMILES string of the molecule is COc1cnc(NS(=O)(=O)c2ccc(NC(=O)CCCCl)cc2)nc1. The van der Waals surface area contributed by atoms with E-state index >= 15 is 0 Å². The molecule has 2 N–H and O–H groups in total.